The first-order valence-corrected chi connectivity index (χ1v) is 9.29. The van der Waals surface area contributed by atoms with Crippen LogP contribution in [0.3, 0.4) is 0 Å². The fraction of sp³-hybridized carbons (Fsp3) is 0.150. The number of aromatic carboxylic acids is 1. The summed E-state index contributed by atoms with van der Waals surface area (Å²) in [6, 6.07) is 8.45. The average Bonchev–Trinajstić information content (AvgIpc) is 3.13. The third-order valence-electron chi connectivity index (χ3n) is 3.58. The van der Waals surface area contributed by atoms with Gasteiger partial charge in [0, 0.05) is 34.3 Å². The Morgan fingerprint density at radius 3 is 2.54 bits per heavy atom. The van der Waals surface area contributed by atoms with Crippen LogP contribution in [0.5, 0.6) is 5.88 Å². The first kappa shape index (κ1) is 21.0. The molecule has 1 amide bonds. The second kappa shape index (κ2) is 9.61. The van der Waals surface area contributed by atoms with Gasteiger partial charge >= 0.3 is 5.97 Å². The minimum Gasteiger partial charge on any atom is -0.481 e. The molecular weight excluding hydrogens is 383 g/mol. The number of benzene rings is 1. The first-order valence-electron chi connectivity index (χ1n) is 8.41. The van der Waals surface area contributed by atoms with E-state index < -0.39 is 17.7 Å². The number of rotatable bonds is 5. The molecule has 0 fully saturated rings. The van der Waals surface area contributed by atoms with E-state index in [-0.39, 0.29) is 16.1 Å². The average molecular weight is 402 g/mol. The Balaban J connectivity index is 0.00000136. The van der Waals surface area contributed by atoms with Crippen molar-refractivity contribution in [2.75, 3.05) is 12.4 Å². The van der Waals surface area contributed by atoms with Crippen molar-refractivity contribution in [2.45, 2.75) is 13.8 Å². The SMILES string of the molecule is CC.COc1ccc(-c2csc(NC(=O)c3cccc(F)c3)c2C(=O)O)cn1. The maximum Gasteiger partial charge on any atom is 0.339 e. The zero-order chi connectivity index (χ0) is 20.7. The number of nitrogens with zero attached hydrogens (tertiary/aromatic N) is 1. The van der Waals surface area contributed by atoms with Crippen LogP contribution in [0.2, 0.25) is 0 Å². The zero-order valence-corrected chi connectivity index (χ0v) is 16.3. The lowest BCUT2D eigenvalue weighted by atomic mass is 10.1. The number of carbonyl (C=O) groups is 2. The Labute approximate surface area is 165 Å². The molecule has 3 aromatic rings. The van der Waals surface area contributed by atoms with Gasteiger partial charge in [-0.05, 0) is 24.3 Å². The summed E-state index contributed by atoms with van der Waals surface area (Å²) in [6.07, 6.45) is 1.49. The molecule has 6 nitrogen and oxygen atoms in total. The molecule has 0 spiro atoms. The molecule has 0 radical (unpaired) electrons. The summed E-state index contributed by atoms with van der Waals surface area (Å²) >= 11 is 1.07. The highest BCUT2D eigenvalue weighted by Gasteiger charge is 2.22. The fourth-order valence-electron chi connectivity index (χ4n) is 2.34. The van der Waals surface area contributed by atoms with E-state index in [1.54, 1.807) is 17.5 Å². The van der Waals surface area contributed by atoms with Crippen LogP contribution in [0.15, 0.2) is 48.0 Å². The second-order valence-corrected chi connectivity index (χ2v) is 6.09. The van der Waals surface area contributed by atoms with E-state index in [0.29, 0.717) is 17.0 Å². The predicted molar refractivity (Wildman–Crippen MR) is 107 cm³/mol. The number of carboxylic acid groups (broad SMARTS) is 1. The number of carbonyl (C=O) groups excluding carboxylic acids is 1. The van der Waals surface area contributed by atoms with E-state index in [4.69, 9.17) is 4.74 Å². The van der Waals surface area contributed by atoms with Gasteiger partial charge in [0.25, 0.3) is 5.91 Å². The van der Waals surface area contributed by atoms with Crippen LogP contribution < -0.4 is 10.1 Å². The third kappa shape index (κ3) is 4.72. The van der Waals surface area contributed by atoms with Crippen molar-refractivity contribution in [3.8, 4) is 17.0 Å². The van der Waals surface area contributed by atoms with Crippen molar-refractivity contribution >= 4 is 28.2 Å². The molecule has 8 heteroatoms. The van der Waals surface area contributed by atoms with Gasteiger partial charge in [0.05, 0.1) is 7.11 Å². The van der Waals surface area contributed by atoms with Gasteiger partial charge in [0.15, 0.2) is 0 Å². The van der Waals surface area contributed by atoms with Crippen LogP contribution in [0.25, 0.3) is 11.1 Å². The lowest BCUT2D eigenvalue weighted by Crippen LogP contribution is -2.13. The number of anilines is 1. The smallest absolute Gasteiger partial charge is 0.339 e. The highest BCUT2D eigenvalue weighted by Crippen LogP contribution is 2.36. The number of aromatic nitrogens is 1. The Bertz CT molecular complexity index is 971. The van der Waals surface area contributed by atoms with E-state index in [2.05, 4.69) is 10.3 Å². The Hall–Kier alpha value is -3.26. The molecule has 0 bridgehead atoms. The molecule has 0 aliphatic rings. The van der Waals surface area contributed by atoms with Crippen molar-refractivity contribution in [3.63, 3.8) is 0 Å². The van der Waals surface area contributed by atoms with Gasteiger partial charge in [-0.25, -0.2) is 14.2 Å². The van der Waals surface area contributed by atoms with Gasteiger partial charge in [0.2, 0.25) is 5.88 Å². The lowest BCUT2D eigenvalue weighted by molar-refractivity contribution is 0.0699. The molecule has 0 aliphatic heterocycles. The molecule has 0 atom stereocenters. The number of methoxy groups -OCH3 is 1. The predicted octanol–water partition coefficient (Wildman–Crippen LogP) is 4.93. The highest BCUT2D eigenvalue weighted by atomic mass is 32.1. The van der Waals surface area contributed by atoms with Gasteiger partial charge in [-0.3, -0.25) is 4.79 Å². The fourth-order valence-corrected chi connectivity index (χ4v) is 3.30. The standard InChI is InChI=1S/C18H13FN2O4S.C2H6/c1-25-14-6-5-11(8-20-14)13-9-26-17(15(13)18(23)24)21-16(22)10-3-2-4-12(19)7-10;1-2/h2-9H,1H3,(H,21,22)(H,23,24);1-2H3. The summed E-state index contributed by atoms with van der Waals surface area (Å²) in [6.45, 7) is 4.00. The maximum absolute atomic E-state index is 13.3. The highest BCUT2D eigenvalue weighted by molar-refractivity contribution is 7.15. The number of halogens is 1. The van der Waals surface area contributed by atoms with Crippen molar-refractivity contribution in [3.05, 3.63) is 64.9 Å². The molecule has 0 aliphatic carbocycles. The molecule has 1 aromatic carbocycles. The molecule has 2 N–H and O–H groups in total. The van der Waals surface area contributed by atoms with Crippen LogP contribution in [0, 0.1) is 5.82 Å². The summed E-state index contributed by atoms with van der Waals surface area (Å²) in [4.78, 5) is 28.1. The van der Waals surface area contributed by atoms with Crippen molar-refractivity contribution in [1.82, 2.24) is 4.98 Å². The zero-order valence-electron chi connectivity index (χ0n) is 15.5. The molecular formula is C20H19FN2O4S. The van der Waals surface area contributed by atoms with E-state index in [0.717, 1.165) is 17.4 Å². The topological polar surface area (TPSA) is 88.5 Å². The minimum atomic E-state index is -1.19. The number of hydrogen-bond donors (Lipinski definition) is 2. The van der Waals surface area contributed by atoms with E-state index in [1.807, 2.05) is 13.8 Å². The van der Waals surface area contributed by atoms with Crippen LogP contribution in [0.4, 0.5) is 9.39 Å². The Morgan fingerprint density at radius 1 is 1.21 bits per heavy atom. The van der Waals surface area contributed by atoms with Gasteiger partial charge in [-0.15, -0.1) is 11.3 Å². The first-order chi connectivity index (χ1) is 13.5. The number of pyridine rings is 1. The maximum atomic E-state index is 13.3. The van der Waals surface area contributed by atoms with Gasteiger partial charge in [-0.2, -0.15) is 0 Å². The second-order valence-electron chi connectivity index (χ2n) is 5.21. The summed E-state index contributed by atoms with van der Waals surface area (Å²) in [7, 11) is 1.48. The van der Waals surface area contributed by atoms with Crippen LogP contribution in [0.1, 0.15) is 34.6 Å². The largest absolute Gasteiger partial charge is 0.481 e. The van der Waals surface area contributed by atoms with E-state index in [9.17, 15) is 19.1 Å². The third-order valence-corrected chi connectivity index (χ3v) is 4.47. The number of amides is 1. The summed E-state index contributed by atoms with van der Waals surface area (Å²) in [5, 5.41) is 13.9. The van der Waals surface area contributed by atoms with E-state index in [1.165, 1.54) is 31.5 Å². The van der Waals surface area contributed by atoms with Gasteiger partial charge < -0.3 is 15.2 Å². The van der Waals surface area contributed by atoms with Crippen molar-refractivity contribution < 1.29 is 23.8 Å². The van der Waals surface area contributed by atoms with Gasteiger partial charge in [-0.1, -0.05) is 19.9 Å². The van der Waals surface area contributed by atoms with Gasteiger partial charge in [0.1, 0.15) is 16.4 Å². The Morgan fingerprint density at radius 2 is 1.96 bits per heavy atom. The number of nitrogens with one attached hydrogen (secondary N) is 1. The molecule has 3 rings (SSSR count). The number of carboxylic acids is 1. The minimum absolute atomic E-state index is 0.0493. The van der Waals surface area contributed by atoms with E-state index >= 15 is 0 Å². The summed E-state index contributed by atoms with van der Waals surface area (Å²) in [5.41, 5.74) is 1.05. The normalized spacial score (nSPS) is 9.86. The molecule has 2 heterocycles. The molecule has 0 saturated heterocycles. The molecule has 146 valence electrons. The van der Waals surface area contributed by atoms with Crippen LogP contribution >= 0.6 is 11.3 Å². The summed E-state index contributed by atoms with van der Waals surface area (Å²) < 4.78 is 18.3. The van der Waals surface area contributed by atoms with Crippen molar-refractivity contribution in [1.29, 1.82) is 0 Å². The number of ether oxygens (including phenoxy) is 1. The molecule has 0 saturated carbocycles. The van der Waals surface area contributed by atoms with Crippen molar-refractivity contribution in [2.24, 2.45) is 0 Å². The summed E-state index contributed by atoms with van der Waals surface area (Å²) in [5.74, 6) is -1.92. The molecule has 28 heavy (non-hydrogen) atoms. The molecule has 2 aromatic heterocycles. The molecule has 0 unspecified atom stereocenters. The van der Waals surface area contributed by atoms with Crippen LogP contribution in [-0.2, 0) is 0 Å². The quantitative estimate of drug-likeness (QED) is 0.631. The number of hydrogen-bond acceptors (Lipinski definition) is 5. The Kier molecular flexibility index (Phi) is 7.22. The number of thiophene rings is 1. The van der Waals surface area contributed by atoms with Crippen LogP contribution in [-0.4, -0.2) is 29.1 Å². The monoisotopic (exact) mass is 402 g/mol. The lowest BCUT2D eigenvalue weighted by Gasteiger charge is -2.06.